The molecule has 1 saturated carbocycles. The Kier molecular flexibility index (Phi) is 8.70. The number of hydrogen-bond donors (Lipinski definition) is 1. The van der Waals surface area contributed by atoms with Gasteiger partial charge in [-0.2, -0.15) is 15.2 Å². The van der Waals surface area contributed by atoms with Crippen LogP contribution in [0.4, 0.5) is 16.3 Å². The molecule has 2 saturated heterocycles. The van der Waals surface area contributed by atoms with Crippen LogP contribution in [0.15, 0.2) is 36.4 Å². The normalized spacial score (nSPS) is 21.0. The molecule has 1 atom stereocenters. The zero-order chi connectivity index (χ0) is 33.4. The number of carboxylic acid groups (broad SMARTS) is 1. The number of ether oxygens (including phenoxy) is 2. The molecule has 0 spiro atoms. The number of anilines is 2. The van der Waals surface area contributed by atoms with E-state index in [4.69, 9.17) is 19.4 Å². The van der Waals surface area contributed by atoms with Crippen LogP contribution in [0.2, 0.25) is 0 Å². The summed E-state index contributed by atoms with van der Waals surface area (Å²) >= 11 is 0. The summed E-state index contributed by atoms with van der Waals surface area (Å²) in [6.45, 7) is 6.86. The molecular formula is C35H42N8O5. The van der Waals surface area contributed by atoms with Gasteiger partial charge in [-0.25, -0.2) is 9.59 Å². The maximum absolute atomic E-state index is 12.6. The number of methoxy groups -OCH3 is 1. The minimum atomic E-state index is -1.01. The third-order valence-corrected chi connectivity index (χ3v) is 10.5. The highest BCUT2D eigenvalue weighted by Crippen LogP contribution is 2.43. The first-order chi connectivity index (χ1) is 23.3. The molecule has 3 fully saturated rings. The van der Waals surface area contributed by atoms with Crippen LogP contribution in [-0.2, 0) is 17.7 Å². The molecule has 1 N–H and O–H groups in total. The number of piperazine rings is 2. The van der Waals surface area contributed by atoms with Crippen molar-refractivity contribution in [2.24, 2.45) is 0 Å². The molecule has 0 radical (unpaired) electrons. The van der Waals surface area contributed by atoms with E-state index in [1.54, 1.807) is 0 Å². The Labute approximate surface area is 280 Å². The smallest absolute Gasteiger partial charge is 0.407 e. The predicted molar refractivity (Wildman–Crippen MR) is 180 cm³/mol. The number of aromatic nitrogens is 2. The van der Waals surface area contributed by atoms with Crippen LogP contribution in [0.25, 0.3) is 10.8 Å². The van der Waals surface area contributed by atoms with Gasteiger partial charge in [-0.15, -0.1) is 0 Å². The Hall–Kier alpha value is -4.67. The quantitative estimate of drug-likeness (QED) is 0.357. The van der Waals surface area contributed by atoms with Crippen molar-refractivity contribution in [2.75, 3.05) is 82.9 Å². The zero-order valence-electron chi connectivity index (χ0n) is 27.6. The van der Waals surface area contributed by atoms with Gasteiger partial charge < -0.3 is 34.2 Å². The fourth-order valence-electron chi connectivity index (χ4n) is 7.46. The fourth-order valence-corrected chi connectivity index (χ4v) is 7.46. The van der Waals surface area contributed by atoms with Gasteiger partial charge in [0.1, 0.15) is 12.4 Å². The second-order valence-corrected chi connectivity index (χ2v) is 13.4. The van der Waals surface area contributed by atoms with Gasteiger partial charge in [-0.3, -0.25) is 4.90 Å². The monoisotopic (exact) mass is 654 g/mol. The van der Waals surface area contributed by atoms with Crippen LogP contribution in [0.5, 0.6) is 6.01 Å². The Morgan fingerprint density at radius 2 is 1.83 bits per heavy atom. The minimum Gasteiger partial charge on any atom is -0.465 e. The largest absolute Gasteiger partial charge is 0.465 e. The van der Waals surface area contributed by atoms with E-state index in [1.165, 1.54) is 12.0 Å². The van der Waals surface area contributed by atoms with Crippen molar-refractivity contribution >= 4 is 34.3 Å². The standard InChI is InChI=1S/C35H42N8O5/c1-39-13-16-42(17-14-39)35(9-10-35)23-48-33-37-29-22-40(30-20-25(32(44)47-2)19-24-5-3-4-6-27(24)30)12-8-28(29)31(38-33)41-15-18-43(34(45)46)26(21-41)7-11-36/h3-6,19-20,26H,7-10,12-18,21-23H2,1-2H3,(H,45,46). The van der Waals surface area contributed by atoms with Crippen molar-refractivity contribution in [1.82, 2.24) is 24.7 Å². The van der Waals surface area contributed by atoms with Crippen LogP contribution in [0.3, 0.4) is 0 Å². The third-order valence-electron chi connectivity index (χ3n) is 10.5. The van der Waals surface area contributed by atoms with E-state index < -0.39 is 12.1 Å². The summed E-state index contributed by atoms with van der Waals surface area (Å²) in [4.78, 5) is 45.2. The van der Waals surface area contributed by atoms with Crippen molar-refractivity contribution in [3.05, 3.63) is 53.2 Å². The summed E-state index contributed by atoms with van der Waals surface area (Å²) in [6.07, 6.45) is 1.90. The minimum absolute atomic E-state index is 0.00493. The molecule has 0 bridgehead atoms. The van der Waals surface area contributed by atoms with E-state index in [2.05, 4.69) is 38.8 Å². The topological polar surface area (TPSA) is 139 Å². The number of carbonyl (C=O) groups excluding carboxylic acids is 1. The molecule has 3 aliphatic heterocycles. The van der Waals surface area contributed by atoms with Crippen LogP contribution < -0.4 is 14.5 Å². The van der Waals surface area contributed by atoms with Crippen molar-refractivity contribution < 1.29 is 24.2 Å². The summed E-state index contributed by atoms with van der Waals surface area (Å²) in [7, 11) is 3.55. The summed E-state index contributed by atoms with van der Waals surface area (Å²) in [5.41, 5.74) is 3.27. The van der Waals surface area contributed by atoms with Gasteiger partial charge in [-0.05, 0) is 43.8 Å². The van der Waals surface area contributed by atoms with Gasteiger partial charge in [0.05, 0.1) is 49.0 Å². The fraction of sp³-hybridized carbons (Fsp3) is 0.514. The molecule has 4 heterocycles. The number of amides is 1. The average Bonchev–Trinajstić information content (AvgIpc) is 3.90. The zero-order valence-corrected chi connectivity index (χ0v) is 27.6. The lowest BCUT2D eigenvalue weighted by Crippen LogP contribution is -2.55. The number of nitriles is 1. The van der Waals surface area contributed by atoms with Gasteiger partial charge >= 0.3 is 18.1 Å². The van der Waals surface area contributed by atoms with Crippen LogP contribution in [-0.4, -0.2) is 127 Å². The number of fused-ring (bicyclic) bond motifs is 2. The number of benzene rings is 2. The lowest BCUT2D eigenvalue weighted by atomic mass is 9.99. The highest BCUT2D eigenvalue weighted by Gasteiger charge is 2.49. The number of hydrogen-bond acceptors (Lipinski definition) is 11. The number of esters is 1. The van der Waals surface area contributed by atoms with Crippen molar-refractivity contribution in [1.29, 1.82) is 5.26 Å². The van der Waals surface area contributed by atoms with Gasteiger partial charge in [-0.1, -0.05) is 24.3 Å². The average molecular weight is 655 g/mol. The summed E-state index contributed by atoms with van der Waals surface area (Å²) in [6, 6.07) is 13.8. The summed E-state index contributed by atoms with van der Waals surface area (Å²) in [5, 5.41) is 21.3. The molecule has 1 aromatic heterocycles. The maximum Gasteiger partial charge on any atom is 0.407 e. The molecule has 4 aliphatic rings. The lowest BCUT2D eigenvalue weighted by Gasteiger charge is -2.41. The predicted octanol–water partition coefficient (Wildman–Crippen LogP) is 3.22. The lowest BCUT2D eigenvalue weighted by molar-refractivity contribution is 0.0600. The summed E-state index contributed by atoms with van der Waals surface area (Å²) in [5.74, 6) is 0.363. The first-order valence-electron chi connectivity index (χ1n) is 16.7. The van der Waals surface area contributed by atoms with Crippen molar-refractivity contribution in [3.63, 3.8) is 0 Å². The van der Waals surface area contributed by atoms with Crippen molar-refractivity contribution in [3.8, 4) is 12.1 Å². The number of nitrogens with zero attached hydrogens (tertiary/aromatic N) is 8. The second kappa shape index (κ2) is 13.1. The highest BCUT2D eigenvalue weighted by atomic mass is 16.5. The van der Waals surface area contributed by atoms with E-state index in [1.807, 2.05) is 30.3 Å². The molecule has 3 aromatic rings. The molecule has 13 heteroatoms. The van der Waals surface area contributed by atoms with E-state index in [0.717, 1.165) is 72.6 Å². The van der Waals surface area contributed by atoms with Crippen LogP contribution in [0, 0.1) is 11.3 Å². The Morgan fingerprint density at radius 1 is 1.04 bits per heavy atom. The van der Waals surface area contributed by atoms with Crippen molar-refractivity contribution in [2.45, 2.75) is 43.8 Å². The SMILES string of the molecule is COC(=O)c1cc(N2CCc3c(nc(OCC4(N5CCN(C)CC5)CC4)nc3N3CCN(C(=O)O)C(CC#N)C3)C2)c2ccccc2c1. The van der Waals surface area contributed by atoms with E-state index >= 15 is 0 Å². The second-order valence-electron chi connectivity index (χ2n) is 13.4. The molecular weight excluding hydrogens is 612 g/mol. The molecule has 1 aliphatic carbocycles. The van der Waals surface area contributed by atoms with Gasteiger partial charge in [0.15, 0.2) is 0 Å². The van der Waals surface area contributed by atoms with E-state index in [9.17, 15) is 20.0 Å². The third kappa shape index (κ3) is 6.18. The molecule has 1 amide bonds. The molecule has 252 valence electrons. The van der Waals surface area contributed by atoms with Crippen LogP contribution >= 0.6 is 0 Å². The Morgan fingerprint density at radius 3 is 2.56 bits per heavy atom. The first-order valence-corrected chi connectivity index (χ1v) is 16.7. The van der Waals surface area contributed by atoms with E-state index in [-0.39, 0.29) is 24.5 Å². The maximum atomic E-state index is 12.6. The molecule has 2 aromatic carbocycles. The highest BCUT2D eigenvalue weighted by molar-refractivity contribution is 6.02. The number of likely N-dealkylation sites (N-methyl/N-ethyl adjacent to an activating group) is 1. The Balaban J connectivity index is 1.22. The molecule has 7 rings (SSSR count). The van der Waals surface area contributed by atoms with Crippen LogP contribution in [0.1, 0.15) is 40.9 Å². The Bertz CT molecular complexity index is 1750. The number of carbonyl (C=O) groups is 2. The van der Waals surface area contributed by atoms with E-state index in [0.29, 0.717) is 50.8 Å². The summed E-state index contributed by atoms with van der Waals surface area (Å²) < 4.78 is 11.6. The molecule has 13 nitrogen and oxygen atoms in total. The van der Waals surface area contributed by atoms with Gasteiger partial charge in [0.2, 0.25) is 0 Å². The molecule has 1 unspecified atom stereocenters. The molecule has 48 heavy (non-hydrogen) atoms. The van der Waals surface area contributed by atoms with Gasteiger partial charge in [0.25, 0.3) is 0 Å². The van der Waals surface area contributed by atoms with Gasteiger partial charge in [0, 0.05) is 69.0 Å². The first kappa shape index (κ1) is 31.9. The number of rotatable bonds is 8.